The summed E-state index contributed by atoms with van der Waals surface area (Å²) in [6.07, 6.45) is 0. The molecular weight excluding hydrogens is 456 g/mol. The van der Waals surface area contributed by atoms with Crippen molar-refractivity contribution < 1.29 is 22.7 Å². The largest absolute Gasteiger partial charge is 0.496 e. The van der Waals surface area contributed by atoms with Crippen LogP contribution < -0.4 is 15.0 Å². The number of carbonyl (C=O) groups is 1. The summed E-state index contributed by atoms with van der Waals surface area (Å²) in [6, 6.07) is 12.5. The normalized spacial score (nSPS) is 18.0. The summed E-state index contributed by atoms with van der Waals surface area (Å²) >= 11 is 0. The molecule has 2 fully saturated rings. The van der Waals surface area contributed by atoms with Crippen molar-refractivity contribution in [2.75, 3.05) is 71.5 Å². The highest BCUT2D eigenvalue weighted by Gasteiger charge is 2.28. The van der Waals surface area contributed by atoms with Crippen LogP contribution in [0.25, 0.3) is 0 Å². The van der Waals surface area contributed by atoms with Crippen LogP contribution in [0.3, 0.4) is 0 Å². The van der Waals surface area contributed by atoms with E-state index in [0.29, 0.717) is 38.6 Å². The molecule has 2 saturated heterocycles. The number of carbonyl (C=O) groups excluding carboxylic acids is 1. The first-order chi connectivity index (χ1) is 16.4. The van der Waals surface area contributed by atoms with Gasteiger partial charge in [-0.1, -0.05) is 12.1 Å². The summed E-state index contributed by atoms with van der Waals surface area (Å²) in [6.45, 7) is 5.70. The van der Waals surface area contributed by atoms with Gasteiger partial charge in [0.2, 0.25) is 10.0 Å². The molecule has 0 radical (unpaired) electrons. The summed E-state index contributed by atoms with van der Waals surface area (Å²) in [5, 5.41) is 2.89. The fraction of sp³-hybridized carbons (Fsp3) is 0.458. The van der Waals surface area contributed by atoms with Gasteiger partial charge in [-0.2, -0.15) is 4.31 Å². The fourth-order valence-corrected chi connectivity index (χ4v) is 5.56. The van der Waals surface area contributed by atoms with E-state index in [1.54, 1.807) is 0 Å². The van der Waals surface area contributed by atoms with E-state index in [0.717, 1.165) is 31.7 Å². The minimum atomic E-state index is -3.72. The van der Waals surface area contributed by atoms with E-state index in [4.69, 9.17) is 9.47 Å². The van der Waals surface area contributed by atoms with Gasteiger partial charge in [-0.05, 0) is 42.9 Å². The molecule has 0 unspecified atom stereocenters. The second-order valence-corrected chi connectivity index (χ2v) is 10.5. The molecule has 34 heavy (non-hydrogen) atoms. The zero-order chi connectivity index (χ0) is 24.1. The molecule has 4 rings (SSSR count). The molecule has 2 aromatic rings. The number of anilines is 1. The third-order valence-corrected chi connectivity index (χ3v) is 8.18. The minimum absolute atomic E-state index is 0.0666. The number of nitrogens with zero attached hydrogens (tertiary/aromatic N) is 3. The molecule has 9 nitrogen and oxygen atoms in total. The summed E-state index contributed by atoms with van der Waals surface area (Å²) in [4.78, 5) is 17.7. The molecule has 2 aliphatic heterocycles. The molecule has 2 aliphatic rings. The topological polar surface area (TPSA) is 91.4 Å². The maximum Gasteiger partial charge on any atom is 0.255 e. The number of nitrogens with one attached hydrogen (secondary N) is 1. The highest BCUT2D eigenvalue weighted by Crippen LogP contribution is 2.25. The molecular formula is C24H32N4O5S. The van der Waals surface area contributed by atoms with E-state index in [1.165, 1.54) is 35.3 Å². The summed E-state index contributed by atoms with van der Waals surface area (Å²) in [5.41, 5.74) is 2.32. The Balaban J connectivity index is 1.43. The summed E-state index contributed by atoms with van der Waals surface area (Å²) in [5.74, 6) is -0.0668. The Morgan fingerprint density at radius 3 is 2.32 bits per heavy atom. The number of likely N-dealkylation sites (N-methyl/N-ethyl adjacent to an activating group) is 1. The molecule has 0 aromatic heterocycles. The van der Waals surface area contributed by atoms with Gasteiger partial charge in [0.15, 0.2) is 0 Å². The van der Waals surface area contributed by atoms with Crippen LogP contribution in [-0.4, -0.2) is 90.2 Å². The van der Waals surface area contributed by atoms with E-state index in [-0.39, 0.29) is 16.4 Å². The maximum atomic E-state index is 13.0. The Kier molecular flexibility index (Phi) is 7.72. The molecule has 0 atom stereocenters. The first kappa shape index (κ1) is 24.5. The molecule has 0 spiro atoms. The van der Waals surface area contributed by atoms with Gasteiger partial charge >= 0.3 is 0 Å². The Bertz CT molecular complexity index is 1090. The number of piperazine rings is 1. The van der Waals surface area contributed by atoms with E-state index < -0.39 is 10.0 Å². The van der Waals surface area contributed by atoms with Crippen molar-refractivity contribution in [1.29, 1.82) is 0 Å². The van der Waals surface area contributed by atoms with Crippen LogP contribution in [-0.2, 0) is 21.3 Å². The van der Waals surface area contributed by atoms with Crippen LogP contribution in [0.2, 0.25) is 0 Å². The maximum absolute atomic E-state index is 13.0. The van der Waals surface area contributed by atoms with Crippen LogP contribution >= 0.6 is 0 Å². The molecule has 1 N–H and O–H groups in total. The second kappa shape index (κ2) is 10.7. The first-order valence-corrected chi connectivity index (χ1v) is 12.9. The van der Waals surface area contributed by atoms with Crippen LogP contribution in [0.1, 0.15) is 15.9 Å². The van der Waals surface area contributed by atoms with Crippen molar-refractivity contribution >= 4 is 21.6 Å². The minimum Gasteiger partial charge on any atom is -0.496 e. The van der Waals surface area contributed by atoms with Gasteiger partial charge in [-0.15, -0.1) is 0 Å². The highest BCUT2D eigenvalue weighted by atomic mass is 32.2. The van der Waals surface area contributed by atoms with E-state index in [9.17, 15) is 13.2 Å². The SMILES string of the molecule is COc1ccc(S(=O)(=O)N2CCOCC2)cc1C(=O)NCc1ccc(N2CCN(C)CC2)cc1. The quantitative estimate of drug-likeness (QED) is 0.630. The van der Waals surface area contributed by atoms with E-state index in [2.05, 4.69) is 34.3 Å². The first-order valence-electron chi connectivity index (χ1n) is 11.4. The van der Waals surface area contributed by atoms with Crippen LogP contribution in [0.5, 0.6) is 5.75 Å². The third-order valence-electron chi connectivity index (χ3n) is 6.28. The Hall–Kier alpha value is -2.66. The number of hydrogen-bond acceptors (Lipinski definition) is 7. The molecule has 184 valence electrons. The lowest BCUT2D eigenvalue weighted by Gasteiger charge is -2.34. The van der Waals surface area contributed by atoms with Gasteiger partial charge < -0.3 is 24.6 Å². The predicted molar refractivity (Wildman–Crippen MR) is 130 cm³/mol. The number of methoxy groups -OCH3 is 1. The van der Waals surface area contributed by atoms with Crippen LogP contribution in [0.4, 0.5) is 5.69 Å². The fourth-order valence-electron chi connectivity index (χ4n) is 4.13. The number of rotatable bonds is 7. The molecule has 2 aromatic carbocycles. The average molecular weight is 489 g/mol. The Morgan fingerprint density at radius 1 is 1.00 bits per heavy atom. The van der Waals surface area contributed by atoms with Crippen LogP contribution in [0, 0.1) is 0 Å². The van der Waals surface area contributed by atoms with Gasteiger partial charge in [0.05, 0.1) is 30.8 Å². The van der Waals surface area contributed by atoms with Gasteiger partial charge in [0.25, 0.3) is 5.91 Å². The van der Waals surface area contributed by atoms with Gasteiger partial charge in [-0.25, -0.2) is 8.42 Å². The zero-order valence-electron chi connectivity index (χ0n) is 19.7. The van der Waals surface area contributed by atoms with Crippen molar-refractivity contribution in [3.63, 3.8) is 0 Å². The smallest absolute Gasteiger partial charge is 0.255 e. The Labute approximate surface area is 201 Å². The predicted octanol–water partition coefficient (Wildman–Crippen LogP) is 1.40. The molecule has 0 aliphatic carbocycles. The zero-order valence-corrected chi connectivity index (χ0v) is 20.5. The summed E-state index contributed by atoms with van der Waals surface area (Å²) in [7, 11) is -0.131. The van der Waals surface area contributed by atoms with Crippen molar-refractivity contribution in [1.82, 2.24) is 14.5 Å². The molecule has 1 amide bonds. The number of benzene rings is 2. The second-order valence-electron chi connectivity index (χ2n) is 8.52. The van der Waals surface area contributed by atoms with E-state index >= 15 is 0 Å². The summed E-state index contributed by atoms with van der Waals surface area (Å²) < 4.78 is 38.0. The van der Waals surface area contributed by atoms with Crippen molar-refractivity contribution in [3.8, 4) is 5.75 Å². The molecule has 10 heteroatoms. The number of amides is 1. The van der Waals surface area contributed by atoms with E-state index in [1.807, 2.05) is 12.1 Å². The van der Waals surface area contributed by atoms with Crippen molar-refractivity contribution in [2.24, 2.45) is 0 Å². The van der Waals surface area contributed by atoms with Crippen molar-refractivity contribution in [3.05, 3.63) is 53.6 Å². The Morgan fingerprint density at radius 2 is 1.68 bits per heavy atom. The lowest BCUT2D eigenvalue weighted by molar-refractivity contribution is 0.0730. The van der Waals surface area contributed by atoms with Gasteiger partial charge in [-0.3, -0.25) is 4.79 Å². The lowest BCUT2D eigenvalue weighted by atomic mass is 10.1. The number of hydrogen-bond donors (Lipinski definition) is 1. The lowest BCUT2D eigenvalue weighted by Crippen LogP contribution is -2.44. The molecule has 2 heterocycles. The van der Waals surface area contributed by atoms with Crippen molar-refractivity contribution in [2.45, 2.75) is 11.4 Å². The number of ether oxygens (including phenoxy) is 2. The number of sulfonamides is 1. The average Bonchev–Trinajstić information content (AvgIpc) is 2.88. The van der Waals surface area contributed by atoms with Crippen LogP contribution in [0.15, 0.2) is 47.4 Å². The van der Waals surface area contributed by atoms with Gasteiger partial charge in [0.1, 0.15) is 5.75 Å². The standard InChI is InChI=1S/C24H32N4O5S/c1-26-9-11-27(12-10-26)20-5-3-19(4-6-20)18-25-24(29)22-17-21(7-8-23(22)32-2)34(30,31)28-13-15-33-16-14-28/h3-8,17H,9-16,18H2,1-2H3,(H,25,29). The third kappa shape index (κ3) is 5.52. The highest BCUT2D eigenvalue weighted by molar-refractivity contribution is 7.89. The molecule has 0 saturated carbocycles. The number of morpholine rings is 1. The molecule has 0 bridgehead atoms. The monoisotopic (exact) mass is 488 g/mol. The van der Waals surface area contributed by atoms with Gasteiger partial charge in [0, 0.05) is 51.5 Å².